The summed E-state index contributed by atoms with van der Waals surface area (Å²) >= 11 is 5.81. The smallest absolute Gasteiger partial charge is 0.0975 e. The fraction of sp³-hybridized carbons (Fsp3) is 0.571. The lowest BCUT2D eigenvalue weighted by atomic mass is 10.1. The molecule has 0 heterocycles. The van der Waals surface area contributed by atoms with E-state index in [2.05, 4.69) is 5.32 Å². The minimum absolute atomic E-state index is 0.329. The van der Waals surface area contributed by atoms with Crippen molar-refractivity contribution in [2.24, 2.45) is 0 Å². The maximum absolute atomic E-state index is 10.1. The molecule has 1 aromatic rings. The molecule has 1 aromatic carbocycles. The predicted octanol–water partition coefficient (Wildman–Crippen LogP) is 2.36. The fourth-order valence-corrected chi connectivity index (χ4v) is 1.80. The molecule has 3 nitrogen and oxygen atoms in total. The topological polar surface area (TPSA) is 41.5 Å². The zero-order chi connectivity index (χ0) is 13.0. The van der Waals surface area contributed by atoms with Crippen LogP contribution >= 0.6 is 11.6 Å². The van der Waals surface area contributed by atoms with Gasteiger partial charge < -0.3 is 15.2 Å². The molecule has 4 heteroatoms. The number of hydrogen-bond acceptors (Lipinski definition) is 3. The molecule has 0 aromatic heterocycles. The van der Waals surface area contributed by atoms with Crippen molar-refractivity contribution >= 4 is 11.6 Å². The summed E-state index contributed by atoms with van der Waals surface area (Å²) in [6, 6.07) is 8.15. The summed E-state index contributed by atoms with van der Waals surface area (Å²) in [6.45, 7) is 3.20. The minimum atomic E-state index is -0.811. The van der Waals surface area contributed by atoms with Gasteiger partial charge in [-0.15, -0.1) is 0 Å². The van der Waals surface area contributed by atoms with E-state index >= 15 is 0 Å². The van der Waals surface area contributed by atoms with Crippen molar-refractivity contribution in [3.05, 3.63) is 34.9 Å². The first-order chi connectivity index (χ1) is 8.55. The molecule has 100 valence electrons. The molecule has 1 aliphatic carbocycles. The van der Waals surface area contributed by atoms with Crippen molar-refractivity contribution in [2.75, 3.05) is 13.2 Å². The number of rotatable bonds is 7. The van der Waals surface area contributed by atoms with Gasteiger partial charge in [0.15, 0.2) is 0 Å². The van der Waals surface area contributed by atoms with E-state index in [1.165, 1.54) is 12.8 Å². The van der Waals surface area contributed by atoms with Crippen LogP contribution in [0, 0.1) is 0 Å². The van der Waals surface area contributed by atoms with Gasteiger partial charge in [0.2, 0.25) is 0 Å². The van der Waals surface area contributed by atoms with Crippen LogP contribution < -0.4 is 5.32 Å². The Hall–Kier alpha value is -0.610. The van der Waals surface area contributed by atoms with Crippen LogP contribution in [-0.2, 0) is 11.3 Å². The number of ether oxygens (including phenoxy) is 1. The Kier molecular flexibility index (Phi) is 4.62. The summed E-state index contributed by atoms with van der Waals surface area (Å²) in [6.07, 6.45) is 2.45. The first kappa shape index (κ1) is 13.8. The summed E-state index contributed by atoms with van der Waals surface area (Å²) in [7, 11) is 0. The molecule has 1 fully saturated rings. The van der Waals surface area contributed by atoms with Gasteiger partial charge in [0, 0.05) is 17.6 Å². The van der Waals surface area contributed by atoms with Crippen molar-refractivity contribution in [1.82, 2.24) is 5.32 Å². The molecule has 2 N–H and O–H groups in total. The zero-order valence-electron chi connectivity index (χ0n) is 10.7. The van der Waals surface area contributed by atoms with Crippen LogP contribution in [0.4, 0.5) is 0 Å². The Morgan fingerprint density at radius 1 is 1.39 bits per heavy atom. The normalized spacial score (nSPS) is 18.6. The third kappa shape index (κ3) is 4.94. The highest BCUT2D eigenvalue weighted by molar-refractivity contribution is 6.30. The molecule has 0 saturated heterocycles. The second kappa shape index (κ2) is 6.02. The molecule has 1 aliphatic rings. The SMILES string of the molecule is CC(O)(CNC1CC1)COCc1ccc(Cl)cc1. The largest absolute Gasteiger partial charge is 0.386 e. The molecule has 0 amide bonds. The van der Waals surface area contributed by atoms with E-state index in [9.17, 15) is 5.11 Å². The first-order valence-electron chi connectivity index (χ1n) is 6.33. The number of benzene rings is 1. The quantitative estimate of drug-likeness (QED) is 0.799. The van der Waals surface area contributed by atoms with Crippen LogP contribution in [0.25, 0.3) is 0 Å². The summed E-state index contributed by atoms with van der Waals surface area (Å²) in [5.74, 6) is 0. The number of aliphatic hydroxyl groups is 1. The Labute approximate surface area is 113 Å². The van der Waals surface area contributed by atoms with Gasteiger partial charge in [0.25, 0.3) is 0 Å². The molecule has 0 bridgehead atoms. The lowest BCUT2D eigenvalue weighted by Gasteiger charge is -2.23. The van der Waals surface area contributed by atoms with E-state index in [1.54, 1.807) is 6.92 Å². The number of halogens is 1. The van der Waals surface area contributed by atoms with Crippen LogP contribution in [0.2, 0.25) is 5.02 Å². The maximum Gasteiger partial charge on any atom is 0.0975 e. The van der Waals surface area contributed by atoms with E-state index in [1.807, 2.05) is 24.3 Å². The molecular formula is C14H20ClNO2. The van der Waals surface area contributed by atoms with Crippen molar-refractivity contribution in [1.29, 1.82) is 0 Å². The van der Waals surface area contributed by atoms with Gasteiger partial charge in [0.1, 0.15) is 0 Å². The zero-order valence-corrected chi connectivity index (χ0v) is 11.4. The molecule has 0 aliphatic heterocycles. The minimum Gasteiger partial charge on any atom is -0.386 e. The number of hydrogen-bond donors (Lipinski definition) is 2. The lowest BCUT2D eigenvalue weighted by Crippen LogP contribution is -2.42. The molecule has 1 unspecified atom stereocenters. The highest BCUT2D eigenvalue weighted by atomic mass is 35.5. The van der Waals surface area contributed by atoms with Crippen LogP contribution in [0.15, 0.2) is 24.3 Å². The molecule has 0 radical (unpaired) electrons. The molecule has 0 spiro atoms. The highest BCUT2D eigenvalue weighted by Crippen LogP contribution is 2.19. The Morgan fingerprint density at radius 3 is 2.67 bits per heavy atom. The Bertz CT molecular complexity index is 374. The lowest BCUT2D eigenvalue weighted by molar-refractivity contribution is -0.0382. The molecule has 2 rings (SSSR count). The van der Waals surface area contributed by atoms with E-state index < -0.39 is 5.60 Å². The standard InChI is InChI=1S/C14H20ClNO2/c1-14(17,9-16-13-6-7-13)10-18-8-11-2-4-12(15)5-3-11/h2-5,13,16-17H,6-10H2,1H3. The second-order valence-electron chi connectivity index (χ2n) is 5.27. The molecular weight excluding hydrogens is 250 g/mol. The van der Waals surface area contributed by atoms with Gasteiger partial charge in [0.05, 0.1) is 18.8 Å². The average molecular weight is 270 g/mol. The second-order valence-corrected chi connectivity index (χ2v) is 5.71. The molecule has 1 saturated carbocycles. The van der Waals surface area contributed by atoms with Crippen LogP contribution in [0.5, 0.6) is 0 Å². The van der Waals surface area contributed by atoms with Gasteiger partial charge in [-0.25, -0.2) is 0 Å². The van der Waals surface area contributed by atoms with Crippen LogP contribution in [0.3, 0.4) is 0 Å². The van der Waals surface area contributed by atoms with Crippen molar-refractivity contribution < 1.29 is 9.84 Å². The van der Waals surface area contributed by atoms with Gasteiger partial charge >= 0.3 is 0 Å². The molecule has 1 atom stereocenters. The third-order valence-electron chi connectivity index (χ3n) is 2.94. The van der Waals surface area contributed by atoms with Gasteiger partial charge in [-0.05, 0) is 37.5 Å². The van der Waals surface area contributed by atoms with Crippen molar-refractivity contribution in [2.45, 2.75) is 38.0 Å². The third-order valence-corrected chi connectivity index (χ3v) is 3.20. The van der Waals surface area contributed by atoms with Gasteiger partial charge in [-0.3, -0.25) is 0 Å². The van der Waals surface area contributed by atoms with E-state index in [0.29, 0.717) is 25.8 Å². The first-order valence-corrected chi connectivity index (χ1v) is 6.71. The fourth-order valence-electron chi connectivity index (χ4n) is 1.67. The Morgan fingerprint density at radius 2 is 2.06 bits per heavy atom. The van der Waals surface area contributed by atoms with Crippen LogP contribution in [-0.4, -0.2) is 29.9 Å². The summed E-state index contributed by atoms with van der Waals surface area (Å²) in [5.41, 5.74) is 0.250. The van der Waals surface area contributed by atoms with Gasteiger partial charge in [-0.1, -0.05) is 23.7 Å². The number of nitrogens with one attached hydrogen (secondary N) is 1. The van der Waals surface area contributed by atoms with E-state index in [0.717, 1.165) is 10.6 Å². The maximum atomic E-state index is 10.1. The summed E-state index contributed by atoms with van der Waals surface area (Å²) in [5, 5.41) is 14.1. The highest BCUT2D eigenvalue weighted by Gasteiger charge is 2.26. The van der Waals surface area contributed by atoms with E-state index in [4.69, 9.17) is 16.3 Å². The van der Waals surface area contributed by atoms with Gasteiger partial charge in [-0.2, -0.15) is 0 Å². The van der Waals surface area contributed by atoms with Crippen molar-refractivity contribution in [3.8, 4) is 0 Å². The summed E-state index contributed by atoms with van der Waals surface area (Å²) in [4.78, 5) is 0. The molecule has 18 heavy (non-hydrogen) atoms. The summed E-state index contributed by atoms with van der Waals surface area (Å²) < 4.78 is 5.54. The van der Waals surface area contributed by atoms with Crippen LogP contribution in [0.1, 0.15) is 25.3 Å². The Balaban J connectivity index is 1.68. The predicted molar refractivity (Wildman–Crippen MR) is 72.8 cm³/mol. The van der Waals surface area contributed by atoms with Crippen molar-refractivity contribution in [3.63, 3.8) is 0 Å². The monoisotopic (exact) mass is 269 g/mol. The average Bonchev–Trinajstić information content (AvgIpc) is 3.13. The van der Waals surface area contributed by atoms with E-state index in [-0.39, 0.29) is 0 Å².